The van der Waals surface area contributed by atoms with E-state index in [4.69, 9.17) is 0 Å². The van der Waals surface area contributed by atoms with Crippen LogP contribution >= 0.6 is 0 Å². The fourth-order valence-corrected chi connectivity index (χ4v) is 5.13. The van der Waals surface area contributed by atoms with E-state index >= 15 is 0 Å². The van der Waals surface area contributed by atoms with E-state index < -0.39 is 0 Å². The van der Waals surface area contributed by atoms with Gasteiger partial charge in [0.05, 0.1) is 0 Å². The fourth-order valence-electron chi connectivity index (χ4n) is 5.13. The minimum Gasteiger partial charge on any atom is -0.0651 e. The summed E-state index contributed by atoms with van der Waals surface area (Å²) in [6, 6.07) is 0. The van der Waals surface area contributed by atoms with Crippen LogP contribution in [-0.2, 0) is 0 Å². The lowest BCUT2D eigenvalue weighted by Crippen LogP contribution is -2.23. The third-order valence-corrected chi connectivity index (χ3v) is 5.80. The quantitative estimate of drug-likeness (QED) is 0.618. The van der Waals surface area contributed by atoms with Crippen LogP contribution < -0.4 is 0 Å². The van der Waals surface area contributed by atoms with Gasteiger partial charge in [-0.2, -0.15) is 0 Å². The molecule has 3 aliphatic rings. The molecule has 0 saturated heterocycles. The monoisotopic (exact) mass is 192 g/mol. The maximum absolute atomic E-state index is 2.41. The second-order valence-electron chi connectivity index (χ2n) is 6.14. The van der Waals surface area contributed by atoms with Crippen LogP contribution in [0.25, 0.3) is 0 Å². The number of fused-ring (bicyclic) bond motifs is 5. The van der Waals surface area contributed by atoms with Crippen LogP contribution in [-0.4, -0.2) is 0 Å². The van der Waals surface area contributed by atoms with Gasteiger partial charge in [-0.25, -0.2) is 0 Å². The van der Waals surface area contributed by atoms with Gasteiger partial charge in [-0.15, -0.1) is 0 Å². The molecule has 0 aromatic heterocycles. The highest BCUT2D eigenvalue weighted by Crippen LogP contribution is 2.63. The number of hydrogen-bond donors (Lipinski definition) is 0. The van der Waals surface area contributed by atoms with Gasteiger partial charge in [0.25, 0.3) is 0 Å². The molecule has 3 rings (SSSR count). The maximum Gasteiger partial charge on any atom is -0.0349 e. The third-order valence-electron chi connectivity index (χ3n) is 5.80. The minimum absolute atomic E-state index is 1.10. The molecule has 0 nitrogen and oxygen atoms in total. The van der Waals surface area contributed by atoms with E-state index in [1.807, 2.05) is 0 Å². The van der Waals surface area contributed by atoms with Crippen molar-refractivity contribution in [2.45, 2.75) is 52.4 Å². The molecule has 6 atom stereocenters. The van der Waals surface area contributed by atoms with Gasteiger partial charge >= 0.3 is 0 Å². The molecule has 0 heteroatoms. The average Bonchev–Trinajstić information content (AvgIpc) is 2.87. The SMILES string of the molecule is CCC1CC2C3C[C@@H](CC3CC)C2C1. The van der Waals surface area contributed by atoms with Crippen LogP contribution in [0.15, 0.2) is 0 Å². The van der Waals surface area contributed by atoms with E-state index in [-0.39, 0.29) is 0 Å². The Hall–Kier alpha value is 0. The highest BCUT2D eigenvalue weighted by molar-refractivity contribution is 5.04. The van der Waals surface area contributed by atoms with Crippen LogP contribution in [0.4, 0.5) is 0 Å². The van der Waals surface area contributed by atoms with Crippen LogP contribution in [0.1, 0.15) is 52.4 Å². The molecule has 5 unspecified atom stereocenters. The first kappa shape index (κ1) is 9.24. The molecule has 3 aliphatic carbocycles. The zero-order valence-electron chi connectivity index (χ0n) is 9.71. The van der Waals surface area contributed by atoms with Crippen molar-refractivity contribution < 1.29 is 0 Å². The van der Waals surface area contributed by atoms with E-state index in [1.165, 1.54) is 24.7 Å². The third kappa shape index (κ3) is 1.12. The molecule has 2 bridgehead atoms. The molecule has 3 fully saturated rings. The topological polar surface area (TPSA) is 0 Å². The highest BCUT2D eigenvalue weighted by atomic mass is 14.6. The van der Waals surface area contributed by atoms with Crippen molar-refractivity contribution in [2.24, 2.45) is 35.5 Å². The van der Waals surface area contributed by atoms with Crippen LogP contribution in [0.2, 0.25) is 0 Å². The van der Waals surface area contributed by atoms with E-state index in [9.17, 15) is 0 Å². The van der Waals surface area contributed by atoms with Gasteiger partial charge in [0.15, 0.2) is 0 Å². The Morgan fingerprint density at radius 3 is 2.29 bits per heavy atom. The first-order valence-corrected chi connectivity index (χ1v) is 6.83. The van der Waals surface area contributed by atoms with Gasteiger partial charge < -0.3 is 0 Å². The Bertz CT molecular complexity index is 218. The second-order valence-corrected chi connectivity index (χ2v) is 6.14. The molecule has 0 spiro atoms. The van der Waals surface area contributed by atoms with Gasteiger partial charge in [0.1, 0.15) is 0 Å². The van der Waals surface area contributed by atoms with Gasteiger partial charge in [-0.05, 0) is 61.2 Å². The first-order valence-electron chi connectivity index (χ1n) is 6.83. The Morgan fingerprint density at radius 1 is 0.786 bits per heavy atom. The first-order chi connectivity index (χ1) is 6.83. The lowest BCUT2D eigenvalue weighted by atomic mass is 9.75. The van der Waals surface area contributed by atoms with Gasteiger partial charge in [-0.3, -0.25) is 0 Å². The number of hydrogen-bond acceptors (Lipinski definition) is 0. The predicted molar refractivity (Wildman–Crippen MR) is 60.0 cm³/mol. The summed E-state index contributed by atoms with van der Waals surface area (Å²) < 4.78 is 0. The van der Waals surface area contributed by atoms with Gasteiger partial charge in [0, 0.05) is 0 Å². The van der Waals surface area contributed by atoms with Crippen molar-refractivity contribution >= 4 is 0 Å². The molecular weight excluding hydrogens is 168 g/mol. The number of rotatable bonds is 2. The van der Waals surface area contributed by atoms with Gasteiger partial charge in [0.2, 0.25) is 0 Å². The van der Waals surface area contributed by atoms with E-state index in [2.05, 4.69) is 13.8 Å². The van der Waals surface area contributed by atoms with Crippen molar-refractivity contribution in [2.75, 3.05) is 0 Å². The summed E-state index contributed by atoms with van der Waals surface area (Å²) in [6.45, 7) is 4.80. The Balaban J connectivity index is 1.75. The molecule has 0 N–H and O–H groups in total. The van der Waals surface area contributed by atoms with E-state index in [0.29, 0.717) is 0 Å². The zero-order valence-corrected chi connectivity index (χ0v) is 9.71. The van der Waals surface area contributed by atoms with Crippen molar-refractivity contribution in [3.63, 3.8) is 0 Å². The van der Waals surface area contributed by atoms with Crippen LogP contribution in [0.3, 0.4) is 0 Å². The van der Waals surface area contributed by atoms with Gasteiger partial charge in [-0.1, -0.05) is 26.7 Å². The molecule has 80 valence electrons. The summed E-state index contributed by atoms with van der Waals surface area (Å²) in [4.78, 5) is 0. The van der Waals surface area contributed by atoms with E-state index in [1.54, 1.807) is 25.7 Å². The molecule has 3 saturated carbocycles. The second kappa shape index (κ2) is 3.25. The molecule has 0 aromatic rings. The molecule has 14 heavy (non-hydrogen) atoms. The van der Waals surface area contributed by atoms with Crippen molar-refractivity contribution in [1.82, 2.24) is 0 Å². The predicted octanol–water partition coefficient (Wildman–Crippen LogP) is 4.10. The Morgan fingerprint density at radius 2 is 1.57 bits per heavy atom. The summed E-state index contributed by atoms with van der Waals surface area (Å²) in [5.74, 6) is 6.89. The minimum atomic E-state index is 1.10. The fraction of sp³-hybridized carbons (Fsp3) is 1.00. The molecule has 0 heterocycles. The normalized spacial score (nSPS) is 55.3. The average molecular weight is 192 g/mol. The summed E-state index contributed by atoms with van der Waals surface area (Å²) in [6.07, 6.45) is 9.31. The highest BCUT2D eigenvalue weighted by Gasteiger charge is 2.54. The summed E-state index contributed by atoms with van der Waals surface area (Å²) >= 11 is 0. The lowest BCUT2D eigenvalue weighted by molar-refractivity contribution is 0.185. The standard InChI is InChI=1S/C14H24/c1-3-9-5-12-11-7-10(4-2)13(8-11)14(12)6-9/h9-14H,3-8H2,1-2H3/t9?,10?,11-,12?,13?,14?/m1/s1. The van der Waals surface area contributed by atoms with Crippen molar-refractivity contribution in [1.29, 1.82) is 0 Å². The van der Waals surface area contributed by atoms with Crippen molar-refractivity contribution in [3.8, 4) is 0 Å². The molecule has 0 aliphatic heterocycles. The molecule has 0 radical (unpaired) electrons. The summed E-state index contributed by atoms with van der Waals surface area (Å²) in [5, 5.41) is 0. The molecule has 0 amide bonds. The zero-order chi connectivity index (χ0) is 9.71. The Labute approximate surface area is 88.5 Å². The summed E-state index contributed by atoms with van der Waals surface area (Å²) in [7, 11) is 0. The largest absolute Gasteiger partial charge is 0.0651 e. The Kier molecular flexibility index (Phi) is 2.15. The van der Waals surface area contributed by atoms with Crippen LogP contribution in [0.5, 0.6) is 0 Å². The summed E-state index contributed by atoms with van der Waals surface area (Å²) in [5.41, 5.74) is 0. The smallest absolute Gasteiger partial charge is 0.0349 e. The lowest BCUT2D eigenvalue weighted by Gasteiger charge is -2.30. The van der Waals surface area contributed by atoms with Crippen LogP contribution in [0, 0.1) is 35.5 Å². The maximum atomic E-state index is 2.41. The van der Waals surface area contributed by atoms with Crippen molar-refractivity contribution in [3.05, 3.63) is 0 Å². The molecular formula is C14H24. The van der Waals surface area contributed by atoms with E-state index in [0.717, 1.165) is 23.7 Å². The molecule has 0 aromatic carbocycles.